The van der Waals surface area contributed by atoms with Crippen LogP contribution in [0.4, 0.5) is 0 Å². The minimum atomic E-state index is -0.654. The topological polar surface area (TPSA) is 84.9 Å². The Kier molecular flexibility index (Phi) is 8.36. The second-order valence-electron chi connectivity index (χ2n) is 5.65. The summed E-state index contributed by atoms with van der Waals surface area (Å²) in [7, 11) is 7.26. The Morgan fingerprint density at radius 3 is 2.05 bits per heavy atom. The standard InChI is InChI=1S/C13H28N4O3/c1-9(11(18)7-16(3)4)15-13(20)10(2)14-12(19)8-17(5)6/h9-11,18H,7-8H2,1-6H3,(H,14,19)(H,15,20)/t9-,10?,11+/m0/s1. The van der Waals surface area contributed by atoms with Gasteiger partial charge in [0.15, 0.2) is 0 Å². The zero-order chi connectivity index (χ0) is 15.9. The SMILES string of the molecule is CC(NC(=O)CN(C)C)C(=O)N[C@@H](C)[C@H](O)CN(C)C. The molecule has 0 aliphatic rings. The number of hydrogen-bond donors (Lipinski definition) is 3. The summed E-state index contributed by atoms with van der Waals surface area (Å²) in [6.07, 6.45) is -0.654. The van der Waals surface area contributed by atoms with Gasteiger partial charge in [0, 0.05) is 6.54 Å². The maximum atomic E-state index is 11.9. The molecule has 0 rings (SSSR count). The van der Waals surface area contributed by atoms with Gasteiger partial charge in [0.1, 0.15) is 6.04 Å². The third-order valence-electron chi connectivity index (χ3n) is 2.73. The molecule has 0 radical (unpaired) electrons. The lowest BCUT2D eigenvalue weighted by atomic mass is 10.1. The zero-order valence-electron chi connectivity index (χ0n) is 13.3. The molecule has 3 atom stereocenters. The van der Waals surface area contributed by atoms with Crippen molar-refractivity contribution >= 4 is 11.8 Å². The minimum Gasteiger partial charge on any atom is -0.390 e. The largest absolute Gasteiger partial charge is 0.390 e. The van der Waals surface area contributed by atoms with Gasteiger partial charge in [-0.15, -0.1) is 0 Å². The van der Waals surface area contributed by atoms with Crippen molar-refractivity contribution in [3.63, 3.8) is 0 Å². The van der Waals surface area contributed by atoms with Gasteiger partial charge in [-0.3, -0.25) is 9.59 Å². The second-order valence-corrected chi connectivity index (χ2v) is 5.65. The lowest BCUT2D eigenvalue weighted by molar-refractivity contribution is -0.129. The van der Waals surface area contributed by atoms with Gasteiger partial charge >= 0.3 is 0 Å². The Morgan fingerprint density at radius 1 is 1.05 bits per heavy atom. The molecular formula is C13H28N4O3. The monoisotopic (exact) mass is 288 g/mol. The van der Waals surface area contributed by atoms with Crippen LogP contribution in [-0.4, -0.2) is 86.2 Å². The summed E-state index contributed by atoms with van der Waals surface area (Å²) in [5.41, 5.74) is 0. The first-order chi connectivity index (χ1) is 9.13. The van der Waals surface area contributed by atoms with Crippen molar-refractivity contribution in [3.8, 4) is 0 Å². The van der Waals surface area contributed by atoms with Crippen LogP contribution in [0.3, 0.4) is 0 Å². The van der Waals surface area contributed by atoms with Gasteiger partial charge in [-0.2, -0.15) is 0 Å². The fourth-order valence-corrected chi connectivity index (χ4v) is 1.62. The molecule has 0 spiro atoms. The maximum absolute atomic E-state index is 11.9. The first kappa shape index (κ1) is 18.8. The summed E-state index contributed by atoms with van der Waals surface area (Å²) in [6, 6.07) is -1.01. The maximum Gasteiger partial charge on any atom is 0.242 e. The molecule has 0 fully saturated rings. The normalized spacial score (nSPS) is 15.8. The molecule has 0 aromatic carbocycles. The van der Waals surface area contributed by atoms with Gasteiger partial charge in [0.25, 0.3) is 0 Å². The van der Waals surface area contributed by atoms with Crippen molar-refractivity contribution < 1.29 is 14.7 Å². The zero-order valence-corrected chi connectivity index (χ0v) is 13.3. The van der Waals surface area contributed by atoms with Crippen LogP contribution in [0.1, 0.15) is 13.8 Å². The van der Waals surface area contributed by atoms with E-state index in [2.05, 4.69) is 10.6 Å². The van der Waals surface area contributed by atoms with Gasteiger partial charge in [-0.05, 0) is 42.0 Å². The molecule has 0 saturated carbocycles. The number of likely N-dealkylation sites (N-methyl/N-ethyl adjacent to an activating group) is 2. The number of rotatable bonds is 8. The van der Waals surface area contributed by atoms with E-state index in [0.29, 0.717) is 6.54 Å². The number of carbonyl (C=O) groups excluding carboxylic acids is 2. The van der Waals surface area contributed by atoms with Gasteiger partial charge in [0.05, 0.1) is 18.7 Å². The van der Waals surface area contributed by atoms with Crippen LogP contribution >= 0.6 is 0 Å². The quantitative estimate of drug-likeness (QED) is 0.505. The molecule has 0 bridgehead atoms. The van der Waals surface area contributed by atoms with Crippen LogP contribution < -0.4 is 10.6 Å². The van der Waals surface area contributed by atoms with Gasteiger partial charge in [-0.1, -0.05) is 0 Å². The number of amides is 2. The number of hydrogen-bond acceptors (Lipinski definition) is 5. The molecule has 3 N–H and O–H groups in total. The summed E-state index contributed by atoms with van der Waals surface area (Å²) in [4.78, 5) is 27.0. The Bertz CT molecular complexity index is 321. The highest BCUT2D eigenvalue weighted by atomic mass is 16.3. The molecule has 0 heterocycles. The van der Waals surface area contributed by atoms with E-state index < -0.39 is 12.1 Å². The molecule has 7 heteroatoms. The molecule has 0 saturated heterocycles. The van der Waals surface area contributed by atoms with Crippen LogP contribution in [-0.2, 0) is 9.59 Å². The number of aliphatic hydroxyl groups is 1. The smallest absolute Gasteiger partial charge is 0.242 e. The molecule has 2 amide bonds. The van der Waals surface area contributed by atoms with Crippen molar-refractivity contribution in [1.29, 1.82) is 0 Å². The van der Waals surface area contributed by atoms with E-state index in [0.717, 1.165) is 0 Å². The van der Waals surface area contributed by atoms with E-state index in [1.165, 1.54) is 0 Å². The third kappa shape index (κ3) is 8.08. The van der Waals surface area contributed by atoms with Gasteiger partial charge in [-0.25, -0.2) is 0 Å². The average Bonchev–Trinajstić information content (AvgIpc) is 2.26. The van der Waals surface area contributed by atoms with E-state index in [1.54, 1.807) is 32.8 Å². The second kappa shape index (κ2) is 8.89. The van der Waals surface area contributed by atoms with Crippen LogP contribution in [0.5, 0.6) is 0 Å². The fourth-order valence-electron chi connectivity index (χ4n) is 1.62. The summed E-state index contributed by atoms with van der Waals surface area (Å²) in [6.45, 7) is 4.05. The molecule has 20 heavy (non-hydrogen) atoms. The van der Waals surface area contributed by atoms with Crippen molar-refractivity contribution in [1.82, 2.24) is 20.4 Å². The van der Waals surface area contributed by atoms with E-state index in [9.17, 15) is 14.7 Å². The van der Waals surface area contributed by atoms with E-state index in [4.69, 9.17) is 0 Å². The molecule has 0 aromatic heterocycles. The predicted molar refractivity (Wildman–Crippen MR) is 78.3 cm³/mol. The molecule has 118 valence electrons. The molecule has 0 aliphatic carbocycles. The van der Waals surface area contributed by atoms with Gasteiger partial charge < -0.3 is 25.5 Å². The lowest BCUT2D eigenvalue weighted by Gasteiger charge is -2.25. The average molecular weight is 288 g/mol. The van der Waals surface area contributed by atoms with Crippen molar-refractivity contribution in [2.24, 2.45) is 0 Å². The van der Waals surface area contributed by atoms with E-state index in [-0.39, 0.29) is 24.4 Å². The van der Waals surface area contributed by atoms with Crippen LogP contribution in [0.15, 0.2) is 0 Å². The predicted octanol–water partition coefficient (Wildman–Crippen LogP) is -1.52. The highest BCUT2D eigenvalue weighted by Gasteiger charge is 2.21. The molecule has 0 aromatic rings. The van der Waals surface area contributed by atoms with Crippen LogP contribution in [0, 0.1) is 0 Å². The summed E-state index contributed by atoms with van der Waals surface area (Å²) in [5.74, 6) is -0.512. The summed E-state index contributed by atoms with van der Waals surface area (Å²) < 4.78 is 0. The highest BCUT2D eigenvalue weighted by molar-refractivity contribution is 5.88. The number of nitrogens with zero attached hydrogens (tertiary/aromatic N) is 2. The number of aliphatic hydroxyl groups excluding tert-OH is 1. The van der Waals surface area contributed by atoms with E-state index >= 15 is 0 Å². The Labute approximate surface area is 121 Å². The number of nitrogens with one attached hydrogen (secondary N) is 2. The van der Waals surface area contributed by atoms with Crippen molar-refractivity contribution in [2.45, 2.75) is 32.0 Å². The fraction of sp³-hybridized carbons (Fsp3) is 0.846. The Balaban J connectivity index is 4.21. The molecular weight excluding hydrogens is 260 g/mol. The molecule has 7 nitrogen and oxygen atoms in total. The highest BCUT2D eigenvalue weighted by Crippen LogP contribution is 1.96. The summed E-state index contributed by atoms with van der Waals surface area (Å²) >= 11 is 0. The van der Waals surface area contributed by atoms with Crippen molar-refractivity contribution in [2.75, 3.05) is 41.3 Å². The Morgan fingerprint density at radius 2 is 1.60 bits per heavy atom. The summed E-state index contributed by atoms with van der Waals surface area (Å²) in [5, 5.41) is 15.2. The molecule has 0 aliphatic heterocycles. The first-order valence-electron chi connectivity index (χ1n) is 6.70. The third-order valence-corrected chi connectivity index (χ3v) is 2.73. The number of carbonyl (C=O) groups is 2. The van der Waals surface area contributed by atoms with E-state index in [1.807, 2.05) is 19.0 Å². The lowest BCUT2D eigenvalue weighted by Crippen LogP contribution is -2.52. The van der Waals surface area contributed by atoms with Crippen LogP contribution in [0.25, 0.3) is 0 Å². The van der Waals surface area contributed by atoms with Crippen LogP contribution in [0.2, 0.25) is 0 Å². The van der Waals surface area contributed by atoms with Gasteiger partial charge in [0.2, 0.25) is 11.8 Å². The molecule has 1 unspecified atom stereocenters. The Hall–Kier alpha value is -1.18. The first-order valence-corrected chi connectivity index (χ1v) is 6.70. The minimum absolute atomic E-state index is 0.209. The van der Waals surface area contributed by atoms with Crippen molar-refractivity contribution in [3.05, 3.63) is 0 Å².